The first-order valence-electron chi connectivity index (χ1n) is 9.14. The molecule has 6 nitrogen and oxygen atoms in total. The summed E-state index contributed by atoms with van der Waals surface area (Å²) >= 11 is 5.94. The lowest BCUT2D eigenvalue weighted by atomic mass is 10.1. The van der Waals surface area contributed by atoms with Crippen LogP contribution in [0.5, 0.6) is 0 Å². The fourth-order valence-electron chi connectivity index (χ4n) is 3.07. The minimum atomic E-state index is -0.665. The molecule has 1 amide bonds. The molecule has 0 spiro atoms. The fraction of sp³-hybridized carbons (Fsp3) is 0.190. The molecule has 8 heteroatoms. The normalized spacial score (nSPS) is 13.9. The maximum Gasteiger partial charge on any atom is 0.260 e. The van der Waals surface area contributed by atoms with Gasteiger partial charge in [-0.25, -0.2) is 4.39 Å². The van der Waals surface area contributed by atoms with Crippen molar-refractivity contribution in [3.63, 3.8) is 0 Å². The van der Waals surface area contributed by atoms with Crippen LogP contribution in [0, 0.1) is 5.82 Å². The summed E-state index contributed by atoms with van der Waals surface area (Å²) in [7, 11) is 0. The molecule has 0 saturated carbocycles. The molecule has 0 atom stereocenters. The lowest BCUT2D eigenvalue weighted by molar-refractivity contribution is 0.102. The van der Waals surface area contributed by atoms with Crippen molar-refractivity contribution in [3.8, 4) is 11.3 Å². The van der Waals surface area contributed by atoms with Gasteiger partial charge in [0.2, 0.25) is 0 Å². The van der Waals surface area contributed by atoms with Gasteiger partial charge in [-0.1, -0.05) is 29.8 Å². The molecule has 1 saturated heterocycles. The van der Waals surface area contributed by atoms with Crippen LogP contribution in [0.2, 0.25) is 5.02 Å². The lowest BCUT2D eigenvalue weighted by Crippen LogP contribution is -2.36. The minimum Gasteiger partial charge on any atom is -0.378 e. The van der Waals surface area contributed by atoms with Crippen LogP contribution in [0.25, 0.3) is 11.3 Å². The topological polar surface area (TPSA) is 67.4 Å². The van der Waals surface area contributed by atoms with Crippen molar-refractivity contribution in [1.82, 2.24) is 10.2 Å². The Morgan fingerprint density at radius 2 is 1.79 bits per heavy atom. The largest absolute Gasteiger partial charge is 0.378 e. The number of hydrogen-bond donors (Lipinski definition) is 1. The fourth-order valence-corrected chi connectivity index (χ4v) is 3.32. The highest BCUT2D eigenvalue weighted by atomic mass is 35.5. The van der Waals surface area contributed by atoms with Gasteiger partial charge in [0.25, 0.3) is 5.91 Å². The van der Waals surface area contributed by atoms with Crippen molar-refractivity contribution in [1.29, 1.82) is 0 Å². The number of amides is 1. The number of aromatic nitrogens is 2. The van der Waals surface area contributed by atoms with Gasteiger partial charge in [-0.2, -0.15) is 0 Å². The first-order chi connectivity index (χ1) is 14.1. The van der Waals surface area contributed by atoms with E-state index in [2.05, 4.69) is 20.4 Å². The first-order valence-corrected chi connectivity index (χ1v) is 9.52. The zero-order valence-corrected chi connectivity index (χ0v) is 16.2. The third-order valence-corrected chi connectivity index (χ3v) is 4.93. The summed E-state index contributed by atoms with van der Waals surface area (Å²) in [4.78, 5) is 14.5. The number of nitrogens with one attached hydrogen (secondary N) is 1. The summed E-state index contributed by atoms with van der Waals surface area (Å²) in [6.45, 7) is 2.98. The number of morpholine rings is 1. The zero-order chi connectivity index (χ0) is 20.2. The summed E-state index contributed by atoms with van der Waals surface area (Å²) in [6.07, 6.45) is 0. The van der Waals surface area contributed by atoms with Gasteiger partial charge in [-0.05, 0) is 36.4 Å². The molecule has 2 aromatic carbocycles. The first kappa shape index (κ1) is 19.3. The van der Waals surface area contributed by atoms with Gasteiger partial charge in [-0.15, -0.1) is 10.2 Å². The number of halogens is 2. The highest BCUT2D eigenvalue weighted by Crippen LogP contribution is 2.23. The Labute approximate surface area is 172 Å². The molecule has 2 heterocycles. The molecule has 4 rings (SSSR count). The summed E-state index contributed by atoms with van der Waals surface area (Å²) in [5, 5.41) is 11.3. The van der Waals surface area contributed by atoms with Gasteiger partial charge >= 0.3 is 0 Å². The summed E-state index contributed by atoms with van der Waals surface area (Å²) in [5.74, 6) is -0.444. The molecule has 1 N–H and O–H groups in total. The Balaban J connectivity index is 1.46. The van der Waals surface area contributed by atoms with Gasteiger partial charge < -0.3 is 15.0 Å². The average Bonchev–Trinajstić information content (AvgIpc) is 2.75. The second-order valence-electron chi connectivity index (χ2n) is 6.50. The van der Waals surface area contributed by atoms with Crippen molar-refractivity contribution in [2.24, 2.45) is 0 Å². The Kier molecular flexibility index (Phi) is 5.69. The van der Waals surface area contributed by atoms with Crippen molar-refractivity contribution < 1.29 is 13.9 Å². The van der Waals surface area contributed by atoms with E-state index in [1.807, 2.05) is 24.3 Å². The highest BCUT2D eigenvalue weighted by molar-refractivity contribution is 6.34. The summed E-state index contributed by atoms with van der Waals surface area (Å²) < 4.78 is 19.2. The van der Waals surface area contributed by atoms with Crippen LogP contribution in [0.4, 0.5) is 15.9 Å². The molecule has 1 aliphatic heterocycles. The van der Waals surface area contributed by atoms with Gasteiger partial charge in [0.15, 0.2) is 5.82 Å². The molecular weight excluding hydrogens is 395 g/mol. The Morgan fingerprint density at radius 3 is 2.45 bits per heavy atom. The van der Waals surface area contributed by atoms with Crippen LogP contribution >= 0.6 is 11.6 Å². The molecular formula is C21H18ClFN4O2. The van der Waals surface area contributed by atoms with Crippen molar-refractivity contribution >= 4 is 29.0 Å². The summed E-state index contributed by atoms with van der Waals surface area (Å²) in [5.41, 5.74) is 1.92. The van der Waals surface area contributed by atoms with E-state index in [9.17, 15) is 9.18 Å². The molecule has 0 aliphatic carbocycles. The number of carbonyl (C=O) groups is 1. The second kappa shape index (κ2) is 8.55. The molecule has 0 radical (unpaired) electrons. The van der Waals surface area contributed by atoms with E-state index in [0.29, 0.717) is 18.9 Å². The number of rotatable bonds is 4. The molecule has 0 bridgehead atoms. The number of hydrogen-bond acceptors (Lipinski definition) is 5. The van der Waals surface area contributed by atoms with Crippen molar-refractivity contribution in [2.75, 3.05) is 36.5 Å². The monoisotopic (exact) mass is 412 g/mol. The molecule has 3 aromatic rings. The average molecular weight is 413 g/mol. The van der Waals surface area contributed by atoms with E-state index >= 15 is 0 Å². The highest BCUT2D eigenvalue weighted by Gasteiger charge is 2.16. The second-order valence-corrected chi connectivity index (χ2v) is 6.91. The SMILES string of the molecule is O=C(Nc1ccc(-c2ccc(N3CCOCC3)nn2)cc1)c1c(F)cccc1Cl. The number of ether oxygens (including phenoxy) is 1. The third-order valence-electron chi connectivity index (χ3n) is 4.61. The Morgan fingerprint density at radius 1 is 1.03 bits per heavy atom. The summed E-state index contributed by atoms with van der Waals surface area (Å²) in [6, 6.07) is 15.0. The predicted molar refractivity (Wildman–Crippen MR) is 110 cm³/mol. The van der Waals surface area contributed by atoms with Crippen LogP contribution in [-0.4, -0.2) is 42.4 Å². The van der Waals surface area contributed by atoms with Crippen molar-refractivity contribution in [3.05, 3.63) is 71.0 Å². The molecule has 1 aromatic heterocycles. The standard InChI is InChI=1S/C21H18ClFN4O2/c22-16-2-1-3-17(23)20(16)21(28)24-15-6-4-14(5-7-15)18-8-9-19(26-25-18)27-10-12-29-13-11-27/h1-9H,10-13H2,(H,24,28). The number of anilines is 2. The zero-order valence-electron chi connectivity index (χ0n) is 15.4. The van der Waals surface area contributed by atoms with E-state index in [1.54, 1.807) is 12.1 Å². The smallest absolute Gasteiger partial charge is 0.260 e. The molecule has 1 fully saturated rings. The number of carbonyl (C=O) groups excluding carboxylic acids is 1. The van der Waals surface area contributed by atoms with Crippen LogP contribution < -0.4 is 10.2 Å². The van der Waals surface area contributed by atoms with Crippen LogP contribution in [-0.2, 0) is 4.74 Å². The van der Waals surface area contributed by atoms with E-state index in [4.69, 9.17) is 16.3 Å². The lowest BCUT2D eigenvalue weighted by Gasteiger charge is -2.27. The van der Waals surface area contributed by atoms with E-state index in [1.165, 1.54) is 18.2 Å². The van der Waals surface area contributed by atoms with Crippen LogP contribution in [0.15, 0.2) is 54.6 Å². The van der Waals surface area contributed by atoms with E-state index in [-0.39, 0.29) is 10.6 Å². The number of nitrogens with zero attached hydrogens (tertiary/aromatic N) is 3. The number of benzene rings is 2. The quantitative estimate of drug-likeness (QED) is 0.700. The minimum absolute atomic E-state index is 0.0646. The molecule has 29 heavy (non-hydrogen) atoms. The van der Waals surface area contributed by atoms with Crippen LogP contribution in [0.3, 0.4) is 0 Å². The maximum atomic E-state index is 13.9. The van der Waals surface area contributed by atoms with Crippen molar-refractivity contribution in [2.45, 2.75) is 0 Å². The Bertz CT molecular complexity index is 986. The Hall–Kier alpha value is -3.03. The van der Waals surface area contributed by atoms with Gasteiger partial charge in [0, 0.05) is 24.3 Å². The third kappa shape index (κ3) is 4.36. The molecule has 0 unspecified atom stereocenters. The predicted octanol–water partition coefficient (Wildman–Crippen LogP) is 4.03. The van der Waals surface area contributed by atoms with Gasteiger partial charge in [0.05, 0.1) is 29.5 Å². The van der Waals surface area contributed by atoms with E-state index in [0.717, 1.165) is 30.2 Å². The molecule has 1 aliphatic rings. The van der Waals surface area contributed by atoms with E-state index < -0.39 is 11.7 Å². The maximum absolute atomic E-state index is 13.9. The molecule has 148 valence electrons. The van der Waals surface area contributed by atoms with Crippen LogP contribution in [0.1, 0.15) is 10.4 Å². The van der Waals surface area contributed by atoms with Gasteiger partial charge in [-0.3, -0.25) is 4.79 Å². The van der Waals surface area contributed by atoms with Gasteiger partial charge in [0.1, 0.15) is 5.82 Å².